The van der Waals surface area contributed by atoms with Crippen molar-refractivity contribution in [2.75, 3.05) is 11.4 Å². The average Bonchev–Trinajstić information content (AvgIpc) is 2.77. The van der Waals surface area contributed by atoms with E-state index in [1.165, 1.54) is 6.07 Å². The smallest absolute Gasteiger partial charge is 0.312 e. The van der Waals surface area contributed by atoms with Crippen molar-refractivity contribution in [2.45, 2.75) is 32.7 Å². The van der Waals surface area contributed by atoms with E-state index in [1.54, 1.807) is 6.20 Å². The van der Waals surface area contributed by atoms with Gasteiger partial charge in [-0.3, -0.25) is 10.1 Å². The molecule has 5 nitrogen and oxygen atoms in total. The van der Waals surface area contributed by atoms with Crippen molar-refractivity contribution >= 4 is 27.4 Å². The van der Waals surface area contributed by atoms with Gasteiger partial charge >= 0.3 is 5.69 Å². The largest absolute Gasteiger partial charge is 0.348 e. The van der Waals surface area contributed by atoms with Crippen LogP contribution >= 0.6 is 15.9 Å². The normalized spacial score (nSPS) is 19.6. The second-order valence-corrected chi connectivity index (χ2v) is 5.82. The number of halogens is 1. The van der Waals surface area contributed by atoms with Gasteiger partial charge in [-0.15, -0.1) is 0 Å². The lowest BCUT2D eigenvalue weighted by molar-refractivity contribution is -0.384. The third-order valence-corrected chi connectivity index (χ3v) is 3.79. The fraction of sp³-hybridized carbons (Fsp3) is 0.583. The molecule has 2 heterocycles. The van der Waals surface area contributed by atoms with E-state index in [2.05, 4.69) is 39.7 Å². The first-order valence-electron chi connectivity index (χ1n) is 6.07. The minimum atomic E-state index is -0.358. The Morgan fingerprint density at radius 1 is 1.61 bits per heavy atom. The van der Waals surface area contributed by atoms with Crippen molar-refractivity contribution in [1.29, 1.82) is 0 Å². The highest BCUT2D eigenvalue weighted by Gasteiger charge is 2.32. The molecule has 0 aromatic carbocycles. The van der Waals surface area contributed by atoms with Crippen molar-refractivity contribution in [3.05, 3.63) is 26.9 Å². The minimum Gasteiger partial charge on any atom is -0.348 e. The zero-order chi connectivity index (χ0) is 13.3. The maximum Gasteiger partial charge on any atom is 0.312 e. The Hall–Kier alpha value is -1.17. The first kappa shape index (κ1) is 13.3. The van der Waals surface area contributed by atoms with Crippen LogP contribution in [0.4, 0.5) is 11.5 Å². The zero-order valence-electron chi connectivity index (χ0n) is 10.5. The van der Waals surface area contributed by atoms with E-state index < -0.39 is 0 Å². The summed E-state index contributed by atoms with van der Waals surface area (Å²) in [5.74, 6) is 0.969. The van der Waals surface area contributed by atoms with Crippen molar-refractivity contribution < 1.29 is 4.92 Å². The number of hydrogen-bond acceptors (Lipinski definition) is 4. The lowest BCUT2D eigenvalue weighted by Crippen LogP contribution is -2.34. The third kappa shape index (κ3) is 2.48. The Bertz CT molecular complexity index is 465. The molecule has 1 atom stereocenters. The predicted molar refractivity (Wildman–Crippen MR) is 73.8 cm³/mol. The summed E-state index contributed by atoms with van der Waals surface area (Å²) in [7, 11) is 0. The van der Waals surface area contributed by atoms with E-state index in [1.807, 2.05) is 0 Å². The number of aromatic nitrogens is 1. The monoisotopic (exact) mass is 313 g/mol. The molecule has 1 unspecified atom stereocenters. The standard InChI is InChI=1S/C12H16BrN3O2/c1-8(2)10-4-3-5-15(10)12-11(16(17)18)6-9(13)7-14-12/h6-8,10H,3-5H2,1-2H3. The molecular formula is C12H16BrN3O2. The van der Waals surface area contributed by atoms with Crippen LogP contribution in [0.1, 0.15) is 26.7 Å². The number of rotatable bonds is 3. The van der Waals surface area contributed by atoms with Crippen molar-refractivity contribution in [2.24, 2.45) is 5.92 Å². The van der Waals surface area contributed by atoms with Gasteiger partial charge in [-0.2, -0.15) is 0 Å². The van der Waals surface area contributed by atoms with Gasteiger partial charge in [0.05, 0.1) is 4.92 Å². The average molecular weight is 314 g/mol. The SMILES string of the molecule is CC(C)C1CCCN1c1ncc(Br)cc1[N+](=O)[O-]. The van der Waals surface area contributed by atoms with Crippen LogP contribution in [0.5, 0.6) is 0 Å². The molecule has 0 radical (unpaired) electrons. The molecule has 0 saturated carbocycles. The lowest BCUT2D eigenvalue weighted by Gasteiger charge is -2.28. The molecule has 1 aliphatic heterocycles. The number of hydrogen-bond donors (Lipinski definition) is 0. The Labute approximate surface area is 114 Å². The molecule has 98 valence electrons. The zero-order valence-corrected chi connectivity index (χ0v) is 12.1. The number of nitro groups is 1. The predicted octanol–water partition coefficient (Wildman–Crippen LogP) is 3.38. The second-order valence-electron chi connectivity index (χ2n) is 4.90. The maximum atomic E-state index is 11.1. The highest BCUT2D eigenvalue weighted by atomic mass is 79.9. The topological polar surface area (TPSA) is 59.3 Å². The molecular weight excluding hydrogens is 298 g/mol. The first-order valence-corrected chi connectivity index (χ1v) is 6.86. The van der Waals surface area contributed by atoms with E-state index in [-0.39, 0.29) is 10.6 Å². The van der Waals surface area contributed by atoms with Gasteiger partial charge in [-0.25, -0.2) is 4.98 Å². The summed E-state index contributed by atoms with van der Waals surface area (Å²) in [5.41, 5.74) is 0.0805. The van der Waals surface area contributed by atoms with Gasteiger partial charge in [0.25, 0.3) is 0 Å². The summed E-state index contributed by atoms with van der Waals surface area (Å²) < 4.78 is 0.637. The number of nitrogens with zero attached hydrogens (tertiary/aromatic N) is 3. The highest BCUT2D eigenvalue weighted by molar-refractivity contribution is 9.10. The molecule has 1 aliphatic rings. The van der Waals surface area contributed by atoms with Crippen LogP contribution in [-0.2, 0) is 0 Å². The number of pyridine rings is 1. The van der Waals surface area contributed by atoms with Gasteiger partial charge in [0.1, 0.15) is 0 Å². The number of anilines is 1. The highest BCUT2D eigenvalue weighted by Crippen LogP contribution is 2.35. The molecule has 2 rings (SSSR count). The summed E-state index contributed by atoms with van der Waals surface area (Å²) in [4.78, 5) is 17.1. The van der Waals surface area contributed by atoms with Crippen LogP contribution in [-0.4, -0.2) is 22.5 Å². The van der Waals surface area contributed by atoms with E-state index in [0.717, 1.165) is 19.4 Å². The van der Waals surface area contributed by atoms with Crippen molar-refractivity contribution in [3.8, 4) is 0 Å². The van der Waals surface area contributed by atoms with E-state index in [4.69, 9.17) is 0 Å². The molecule has 1 saturated heterocycles. The Morgan fingerprint density at radius 3 is 2.94 bits per heavy atom. The molecule has 0 bridgehead atoms. The van der Waals surface area contributed by atoms with Gasteiger partial charge in [-0.05, 0) is 34.7 Å². The van der Waals surface area contributed by atoms with E-state index >= 15 is 0 Å². The second kappa shape index (κ2) is 5.22. The molecule has 0 aliphatic carbocycles. The van der Waals surface area contributed by atoms with Gasteiger partial charge in [-0.1, -0.05) is 13.8 Å². The summed E-state index contributed by atoms with van der Waals surface area (Å²) in [6, 6.07) is 1.87. The van der Waals surface area contributed by atoms with Crippen LogP contribution < -0.4 is 4.90 Å². The maximum absolute atomic E-state index is 11.1. The van der Waals surface area contributed by atoms with Crippen molar-refractivity contribution in [1.82, 2.24) is 4.98 Å². The van der Waals surface area contributed by atoms with Gasteiger partial charge in [0.15, 0.2) is 0 Å². The quantitative estimate of drug-likeness (QED) is 0.634. The van der Waals surface area contributed by atoms with Crippen LogP contribution in [0.15, 0.2) is 16.7 Å². The van der Waals surface area contributed by atoms with Crippen LogP contribution in [0.2, 0.25) is 0 Å². The fourth-order valence-electron chi connectivity index (χ4n) is 2.53. The summed E-state index contributed by atoms with van der Waals surface area (Å²) in [6.45, 7) is 5.14. The Balaban J connectivity index is 2.41. The minimum absolute atomic E-state index is 0.0805. The molecule has 18 heavy (non-hydrogen) atoms. The van der Waals surface area contributed by atoms with Gasteiger partial charge in [0, 0.05) is 29.3 Å². The van der Waals surface area contributed by atoms with Crippen LogP contribution in [0, 0.1) is 16.0 Å². The lowest BCUT2D eigenvalue weighted by atomic mass is 10.0. The summed E-state index contributed by atoms with van der Waals surface area (Å²) in [5, 5.41) is 11.1. The third-order valence-electron chi connectivity index (χ3n) is 3.35. The van der Waals surface area contributed by atoms with Crippen LogP contribution in [0.3, 0.4) is 0 Å². The molecule has 0 spiro atoms. The molecule has 1 fully saturated rings. The Kier molecular flexibility index (Phi) is 3.85. The molecule has 1 aromatic rings. The molecule has 1 aromatic heterocycles. The molecule has 0 N–H and O–H groups in total. The summed E-state index contributed by atoms with van der Waals surface area (Å²) in [6.07, 6.45) is 3.77. The fourth-order valence-corrected chi connectivity index (χ4v) is 2.84. The van der Waals surface area contributed by atoms with Crippen molar-refractivity contribution in [3.63, 3.8) is 0 Å². The molecule has 0 amide bonds. The first-order chi connectivity index (χ1) is 8.50. The summed E-state index contributed by atoms with van der Waals surface area (Å²) >= 11 is 3.23. The van der Waals surface area contributed by atoms with Crippen LogP contribution in [0.25, 0.3) is 0 Å². The van der Waals surface area contributed by atoms with Gasteiger partial charge in [0.2, 0.25) is 5.82 Å². The van der Waals surface area contributed by atoms with Gasteiger partial charge < -0.3 is 4.90 Å². The van der Waals surface area contributed by atoms with E-state index in [0.29, 0.717) is 22.3 Å². The Morgan fingerprint density at radius 2 is 2.33 bits per heavy atom. The molecule has 6 heteroatoms. The van der Waals surface area contributed by atoms with E-state index in [9.17, 15) is 10.1 Å².